The molecule has 2 aromatic rings. The van der Waals surface area contributed by atoms with Gasteiger partial charge in [-0.05, 0) is 25.1 Å². The average molecular weight is 296 g/mol. The first-order valence-electron chi connectivity index (χ1n) is 6.77. The maximum absolute atomic E-state index is 11.0. The van der Waals surface area contributed by atoms with Crippen LogP contribution in [-0.2, 0) is 11.4 Å². The second-order valence-corrected chi connectivity index (χ2v) is 4.69. The number of nitrogens with two attached hydrogens (primary N) is 1. The zero-order valence-corrected chi connectivity index (χ0v) is 12.2. The van der Waals surface area contributed by atoms with E-state index in [1.807, 2.05) is 18.2 Å². The SMILES string of the molecule is CC(Oc1cccc(OCc2ccccc2C#N)c1)C(N)=O. The van der Waals surface area contributed by atoms with Crippen LogP contribution in [0.4, 0.5) is 0 Å². The van der Waals surface area contributed by atoms with Gasteiger partial charge in [0.15, 0.2) is 6.10 Å². The highest BCUT2D eigenvalue weighted by molar-refractivity contribution is 5.78. The molecule has 112 valence electrons. The topological polar surface area (TPSA) is 85.3 Å². The molecule has 0 saturated carbocycles. The molecule has 0 spiro atoms. The van der Waals surface area contributed by atoms with Crippen molar-refractivity contribution in [1.82, 2.24) is 0 Å². The van der Waals surface area contributed by atoms with Gasteiger partial charge in [-0.3, -0.25) is 4.79 Å². The van der Waals surface area contributed by atoms with E-state index in [1.165, 1.54) is 0 Å². The molecule has 0 aliphatic rings. The van der Waals surface area contributed by atoms with Gasteiger partial charge in [-0.2, -0.15) is 5.26 Å². The van der Waals surface area contributed by atoms with E-state index in [-0.39, 0.29) is 6.61 Å². The number of nitrogens with zero attached hydrogens (tertiary/aromatic N) is 1. The third-order valence-electron chi connectivity index (χ3n) is 3.05. The molecule has 0 saturated heterocycles. The summed E-state index contributed by atoms with van der Waals surface area (Å²) in [4.78, 5) is 11.0. The van der Waals surface area contributed by atoms with Crippen LogP contribution in [0.5, 0.6) is 11.5 Å². The van der Waals surface area contributed by atoms with E-state index in [0.717, 1.165) is 5.56 Å². The summed E-state index contributed by atoms with van der Waals surface area (Å²) >= 11 is 0. The lowest BCUT2D eigenvalue weighted by Gasteiger charge is -2.13. The van der Waals surface area contributed by atoms with Gasteiger partial charge in [0.1, 0.15) is 18.1 Å². The quantitative estimate of drug-likeness (QED) is 0.886. The van der Waals surface area contributed by atoms with Gasteiger partial charge >= 0.3 is 0 Å². The van der Waals surface area contributed by atoms with Crippen molar-refractivity contribution in [2.24, 2.45) is 5.73 Å². The monoisotopic (exact) mass is 296 g/mol. The van der Waals surface area contributed by atoms with E-state index in [4.69, 9.17) is 20.5 Å². The molecule has 22 heavy (non-hydrogen) atoms. The normalized spacial score (nSPS) is 11.3. The predicted octanol–water partition coefficient (Wildman–Crippen LogP) is 2.39. The summed E-state index contributed by atoms with van der Waals surface area (Å²) in [6.45, 7) is 1.86. The van der Waals surface area contributed by atoms with Gasteiger partial charge in [-0.25, -0.2) is 0 Å². The molecule has 0 aliphatic heterocycles. The van der Waals surface area contributed by atoms with E-state index in [1.54, 1.807) is 37.3 Å². The first-order valence-corrected chi connectivity index (χ1v) is 6.77. The maximum Gasteiger partial charge on any atom is 0.258 e. The zero-order valence-electron chi connectivity index (χ0n) is 12.2. The molecule has 1 atom stereocenters. The van der Waals surface area contributed by atoms with Crippen LogP contribution in [-0.4, -0.2) is 12.0 Å². The Hall–Kier alpha value is -3.00. The summed E-state index contributed by atoms with van der Waals surface area (Å²) in [5.41, 5.74) is 6.55. The molecule has 1 amide bonds. The highest BCUT2D eigenvalue weighted by atomic mass is 16.5. The molecular formula is C17H16N2O3. The van der Waals surface area contributed by atoms with Gasteiger partial charge < -0.3 is 15.2 Å². The van der Waals surface area contributed by atoms with Gasteiger partial charge in [-0.15, -0.1) is 0 Å². The van der Waals surface area contributed by atoms with Crippen LogP contribution < -0.4 is 15.2 Å². The molecule has 2 rings (SSSR count). The van der Waals surface area contributed by atoms with Crippen LogP contribution in [0, 0.1) is 11.3 Å². The van der Waals surface area contributed by atoms with Crippen molar-refractivity contribution in [2.75, 3.05) is 0 Å². The molecule has 0 radical (unpaired) electrons. The minimum Gasteiger partial charge on any atom is -0.489 e. The van der Waals surface area contributed by atoms with E-state index in [0.29, 0.717) is 17.1 Å². The lowest BCUT2D eigenvalue weighted by Crippen LogP contribution is -2.30. The van der Waals surface area contributed by atoms with Crippen LogP contribution in [0.2, 0.25) is 0 Å². The Labute approximate surface area is 128 Å². The fourth-order valence-electron chi connectivity index (χ4n) is 1.82. The Balaban J connectivity index is 2.05. The van der Waals surface area contributed by atoms with Crippen molar-refractivity contribution in [2.45, 2.75) is 19.6 Å². The molecule has 1 unspecified atom stereocenters. The van der Waals surface area contributed by atoms with Crippen molar-refractivity contribution in [3.05, 3.63) is 59.7 Å². The van der Waals surface area contributed by atoms with E-state index >= 15 is 0 Å². The van der Waals surface area contributed by atoms with Crippen LogP contribution in [0.25, 0.3) is 0 Å². The number of benzene rings is 2. The highest BCUT2D eigenvalue weighted by Gasteiger charge is 2.10. The van der Waals surface area contributed by atoms with Crippen LogP contribution in [0.1, 0.15) is 18.1 Å². The lowest BCUT2D eigenvalue weighted by molar-refractivity contribution is -0.123. The molecule has 5 heteroatoms. The van der Waals surface area contributed by atoms with Gasteiger partial charge in [0.05, 0.1) is 11.6 Å². The van der Waals surface area contributed by atoms with E-state index < -0.39 is 12.0 Å². The molecule has 2 aromatic carbocycles. The Kier molecular flexibility index (Phi) is 4.99. The molecule has 2 N–H and O–H groups in total. The Morgan fingerprint density at radius 1 is 1.23 bits per heavy atom. The second kappa shape index (κ2) is 7.14. The minimum atomic E-state index is -0.713. The molecule has 0 bridgehead atoms. The molecule has 0 aliphatic carbocycles. The van der Waals surface area contributed by atoms with Crippen LogP contribution >= 0.6 is 0 Å². The average Bonchev–Trinajstić information content (AvgIpc) is 2.53. The van der Waals surface area contributed by atoms with Gasteiger partial charge in [0.2, 0.25) is 0 Å². The first-order chi connectivity index (χ1) is 10.6. The van der Waals surface area contributed by atoms with E-state index in [2.05, 4.69) is 6.07 Å². The number of ether oxygens (including phenoxy) is 2. The lowest BCUT2D eigenvalue weighted by atomic mass is 10.1. The van der Waals surface area contributed by atoms with Gasteiger partial charge in [-0.1, -0.05) is 24.3 Å². The molecular weight excluding hydrogens is 280 g/mol. The maximum atomic E-state index is 11.0. The second-order valence-electron chi connectivity index (χ2n) is 4.69. The minimum absolute atomic E-state index is 0.276. The number of carbonyl (C=O) groups is 1. The number of primary amides is 1. The van der Waals surface area contributed by atoms with Gasteiger partial charge in [0.25, 0.3) is 5.91 Å². The molecule has 5 nitrogen and oxygen atoms in total. The third kappa shape index (κ3) is 4.00. The standard InChI is InChI=1S/C17H16N2O3/c1-12(17(19)20)22-16-8-4-7-15(9-16)21-11-14-6-3-2-5-13(14)10-18/h2-9,12H,11H2,1H3,(H2,19,20). The molecule has 0 fully saturated rings. The molecule has 0 heterocycles. The van der Waals surface area contributed by atoms with Gasteiger partial charge in [0, 0.05) is 11.6 Å². The first kappa shape index (κ1) is 15.4. The fraction of sp³-hybridized carbons (Fsp3) is 0.176. The summed E-state index contributed by atoms with van der Waals surface area (Å²) in [5, 5.41) is 9.04. The van der Waals surface area contributed by atoms with Crippen molar-refractivity contribution in [3.63, 3.8) is 0 Å². The fourth-order valence-corrected chi connectivity index (χ4v) is 1.82. The Morgan fingerprint density at radius 2 is 1.95 bits per heavy atom. The highest BCUT2D eigenvalue weighted by Crippen LogP contribution is 2.22. The Bertz CT molecular complexity index is 707. The Morgan fingerprint density at radius 3 is 2.68 bits per heavy atom. The third-order valence-corrected chi connectivity index (χ3v) is 3.05. The number of hydrogen-bond acceptors (Lipinski definition) is 4. The number of amides is 1. The predicted molar refractivity (Wildman–Crippen MR) is 81.2 cm³/mol. The zero-order chi connectivity index (χ0) is 15.9. The van der Waals surface area contributed by atoms with Crippen LogP contribution in [0.15, 0.2) is 48.5 Å². The summed E-state index contributed by atoms with van der Waals surface area (Å²) in [5.74, 6) is 0.550. The smallest absolute Gasteiger partial charge is 0.258 e. The van der Waals surface area contributed by atoms with E-state index in [9.17, 15) is 4.79 Å². The summed E-state index contributed by atoms with van der Waals surface area (Å²) in [6, 6.07) is 16.3. The van der Waals surface area contributed by atoms with Crippen molar-refractivity contribution in [3.8, 4) is 17.6 Å². The summed E-state index contributed by atoms with van der Waals surface area (Å²) in [7, 11) is 0. The number of nitriles is 1. The van der Waals surface area contributed by atoms with Crippen molar-refractivity contribution >= 4 is 5.91 Å². The largest absolute Gasteiger partial charge is 0.489 e. The number of rotatable bonds is 6. The summed E-state index contributed by atoms with van der Waals surface area (Å²) in [6.07, 6.45) is -0.713. The summed E-state index contributed by atoms with van der Waals surface area (Å²) < 4.78 is 11.1. The van der Waals surface area contributed by atoms with Crippen LogP contribution in [0.3, 0.4) is 0 Å². The number of carbonyl (C=O) groups excluding carboxylic acids is 1. The number of hydrogen-bond donors (Lipinski definition) is 1. The molecule has 0 aromatic heterocycles. The van der Waals surface area contributed by atoms with Crippen molar-refractivity contribution in [1.29, 1.82) is 5.26 Å². The van der Waals surface area contributed by atoms with Crippen molar-refractivity contribution < 1.29 is 14.3 Å².